The molecule has 33 heavy (non-hydrogen) atoms. The first-order chi connectivity index (χ1) is 15.3. The molecule has 2 aromatic rings. The van der Waals surface area contributed by atoms with Crippen molar-refractivity contribution in [1.82, 2.24) is 19.9 Å². The number of hydrogen-bond donors (Lipinski definition) is 1. The lowest BCUT2D eigenvalue weighted by Crippen LogP contribution is -2.40. The highest BCUT2D eigenvalue weighted by molar-refractivity contribution is 5.68. The fourth-order valence-electron chi connectivity index (χ4n) is 4.12. The normalized spacial score (nSPS) is 18.3. The fraction of sp³-hybridized carbons (Fsp3) is 0.708. The van der Waals surface area contributed by atoms with Gasteiger partial charge >= 0.3 is 6.09 Å². The molecule has 1 saturated carbocycles. The van der Waals surface area contributed by atoms with Gasteiger partial charge in [-0.1, -0.05) is 13.8 Å². The van der Waals surface area contributed by atoms with Crippen LogP contribution in [0.4, 0.5) is 13.6 Å². The molecule has 2 aromatic heterocycles. The van der Waals surface area contributed by atoms with Gasteiger partial charge < -0.3 is 14.8 Å². The summed E-state index contributed by atoms with van der Waals surface area (Å²) in [6.07, 6.45) is 3.13. The number of ether oxygens (including phenoxy) is 2. The number of amides is 1. The Kier molecular flexibility index (Phi) is 7.31. The summed E-state index contributed by atoms with van der Waals surface area (Å²) in [5.74, 6) is -2.83. The van der Waals surface area contributed by atoms with Crippen molar-refractivity contribution in [3.8, 4) is 0 Å². The number of rotatable bonds is 7. The van der Waals surface area contributed by atoms with E-state index in [2.05, 4.69) is 24.3 Å². The van der Waals surface area contributed by atoms with Crippen LogP contribution < -0.4 is 5.32 Å². The van der Waals surface area contributed by atoms with Crippen LogP contribution in [0, 0.1) is 5.92 Å². The zero-order valence-corrected chi connectivity index (χ0v) is 20.5. The van der Waals surface area contributed by atoms with Crippen LogP contribution in [0.3, 0.4) is 0 Å². The number of imidazole rings is 1. The Morgan fingerprint density at radius 3 is 2.55 bits per heavy atom. The Labute approximate surface area is 194 Å². The molecule has 1 aliphatic rings. The number of nitrogens with zero attached hydrogens (tertiary/aromatic N) is 3. The molecule has 0 bridgehead atoms. The minimum absolute atomic E-state index is 0.170. The Hall–Kier alpha value is -2.29. The van der Waals surface area contributed by atoms with E-state index >= 15 is 0 Å². The van der Waals surface area contributed by atoms with Gasteiger partial charge in [-0.15, -0.1) is 0 Å². The van der Waals surface area contributed by atoms with Gasteiger partial charge in [0.2, 0.25) is 5.92 Å². The first-order valence-electron chi connectivity index (χ1n) is 11.6. The molecular weight excluding hydrogens is 430 g/mol. The number of alkyl carbamates (subject to hydrolysis) is 1. The van der Waals surface area contributed by atoms with Crippen LogP contribution in [0.2, 0.25) is 0 Å². The highest BCUT2D eigenvalue weighted by Gasteiger charge is 2.39. The molecule has 1 aliphatic carbocycles. The first-order valence-corrected chi connectivity index (χ1v) is 11.6. The number of carbonyl (C=O) groups is 1. The van der Waals surface area contributed by atoms with Crippen LogP contribution >= 0.6 is 0 Å². The topological polar surface area (TPSA) is 77.8 Å². The Balaban J connectivity index is 1.90. The molecule has 184 valence electrons. The van der Waals surface area contributed by atoms with Gasteiger partial charge in [0.1, 0.15) is 5.60 Å². The second-order valence-corrected chi connectivity index (χ2v) is 10.6. The summed E-state index contributed by atoms with van der Waals surface area (Å²) in [7, 11) is 0. The van der Waals surface area contributed by atoms with E-state index in [0.717, 1.165) is 5.56 Å². The van der Waals surface area contributed by atoms with Crippen molar-refractivity contribution in [2.24, 2.45) is 5.92 Å². The molecule has 1 N–H and O–H groups in total. The van der Waals surface area contributed by atoms with E-state index in [4.69, 9.17) is 14.5 Å². The van der Waals surface area contributed by atoms with Crippen LogP contribution in [-0.2, 0) is 14.9 Å². The number of nitrogens with one attached hydrogen (secondary N) is 1. The van der Waals surface area contributed by atoms with Crippen molar-refractivity contribution in [2.45, 2.75) is 90.2 Å². The second kappa shape index (κ2) is 9.52. The summed E-state index contributed by atoms with van der Waals surface area (Å²) >= 11 is 0. The lowest BCUT2D eigenvalue weighted by atomic mass is 9.81. The highest BCUT2D eigenvalue weighted by Crippen LogP contribution is 2.41. The number of hydrogen-bond acceptors (Lipinski definition) is 5. The molecule has 1 atom stereocenters. The van der Waals surface area contributed by atoms with Gasteiger partial charge in [-0.2, -0.15) is 5.10 Å². The summed E-state index contributed by atoms with van der Waals surface area (Å²) < 4.78 is 40.3. The van der Waals surface area contributed by atoms with Gasteiger partial charge in [0.15, 0.2) is 5.65 Å². The minimum atomic E-state index is -2.66. The molecule has 1 fully saturated rings. The number of carbonyl (C=O) groups excluding carboxylic acids is 1. The lowest BCUT2D eigenvalue weighted by Gasteiger charge is -2.33. The molecule has 7 nitrogen and oxygen atoms in total. The van der Waals surface area contributed by atoms with E-state index in [-0.39, 0.29) is 24.2 Å². The van der Waals surface area contributed by atoms with Crippen molar-refractivity contribution in [3.63, 3.8) is 0 Å². The largest absolute Gasteiger partial charge is 0.444 e. The van der Waals surface area contributed by atoms with E-state index in [9.17, 15) is 13.6 Å². The highest BCUT2D eigenvalue weighted by atomic mass is 19.3. The van der Waals surface area contributed by atoms with Crippen LogP contribution in [0.1, 0.15) is 84.5 Å². The molecule has 3 rings (SSSR count). The minimum Gasteiger partial charge on any atom is -0.444 e. The van der Waals surface area contributed by atoms with Gasteiger partial charge in [-0.3, -0.25) is 0 Å². The SMILES string of the molecule is CCOCC(C)(C)c1cnn2cc([C@@H](NC(=O)OC(C)(C)C)C3CCC(F)(F)CC3)nc2c1. The standard InChI is InChI=1S/C24H36F2N4O3/c1-7-32-15-23(5,6)17-12-19-28-18(14-30(19)27-13-17)20(29-21(31)33-22(2,3)4)16-8-10-24(25,26)11-9-16/h12-14,16,20H,7-11,15H2,1-6H3,(H,29,31)/t20-/m0/s1. The maximum absolute atomic E-state index is 13.8. The van der Waals surface area contributed by atoms with Gasteiger partial charge in [0.25, 0.3) is 0 Å². The molecule has 0 spiro atoms. The molecule has 2 heterocycles. The zero-order chi connectivity index (χ0) is 24.4. The smallest absolute Gasteiger partial charge is 0.408 e. The van der Waals surface area contributed by atoms with Crippen molar-refractivity contribution >= 4 is 11.7 Å². The lowest BCUT2D eigenvalue weighted by molar-refractivity contribution is -0.0500. The third-order valence-corrected chi connectivity index (χ3v) is 6.01. The Morgan fingerprint density at radius 1 is 1.27 bits per heavy atom. The molecular formula is C24H36F2N4O3. The van der Waals surface area contributed by atoms with E-state index in [1.807, 2.05) is 13.0 Å². The Morgan fingerprint density at radius 2 is 1.94 bits per heavy atom. The van der Waals surface area contributed by atoms with Crippen molar-refractivity contribution in [3.05, 3.63) is 29.7 Å². The monoisotopic (exact) mass is 466 g/mol. The summed E-state index contributed by atoms with van der Waals surface area (Å²) in [6.45, 7) is 12.6. The average Bonchev–Trinajstić information content (AvgIpc) is 3.12. The first kappa shape index (κ1) is 25.3. The number of halogens is 2. The van der Waals surface area contributed by atoms with E-state index < -0.39 is 23.7 Å². The van der Waals surface area contributed by atoms with E-state index in [1.165, 1.54) is 0 Å². The number of aromatic nitrogens is 3. The molecule has 0 saturated heterocycles. The van der Waals surface area contributed by atoms with E-state index in [0.29, 0.717) is 37.4 Å². The van der Waals surface area contributed by atoms with Crippen molar-refractivity contribution in [1.29, 1.82) is 0 Å². The summed E-state index contributed by atoms with van der Waals surface area (Å²) in [4.78, 5) is 17.3. The summed E-state index contributed by atoms with van der Waals surface area (Å²) in [6, 6.07) is 1.41. The molecule has 0 aliphatic heterocycles. The van der Waals surface area contributed by atoms with Gasteiger partial charge in [-0.05, 0) is 58.1 Å². The average molecular weight is 467 g/mol. The molecule has 0 radical (unpaired) electrons. The third kappa shape index (κ3) is 6.62. The van der Waals surface area contributed by atoms with Gasteiger partial charge in [-0.25, -0.2) is 23.1 Å². The molecule has 9 heteroatoms. The Bertz CT molecular complexity index is 958. The van der Waals surface area contributed by atoms with Gasteiger partial charge in [0.05, 0.1) is 30.7 Å². The quantitative estimate of drug-likeness (QED) is 0.588. The molecule has 0 aromatic carbocycles. The predicted molar refractivity (Wildman–Crippen MR) is 122 cm³/mol. The van der Waals surface area contributed by atoms with Crippen LogP contribution in [0.15, 0.2) is 18.5 Å². The van der Waals surface area contributed by atoms with E-state index in [1.54, 1.807) is 37.7 Å². The van der Waals surface area contributed by atoms with Gasteiger partial charge in [0, 0.05) is 24.9 Å². The van der Waals surface area contributed by atoms with Crippen LogP contribution in [0.25, 0.3) is 5.65 Å². The van der Waals surface area contributed by atoms with Crippen LogP contribution in [-0.4, -0.2) is 45.4 Å². The third-order valence-electron chi connectivity index (χ3n) is 6.01. The molecule has 0 unspecified atom stereocenters. The van der Waals surface area contributed by atoms with Crippen LogP contribution in [0.5, 0.6) is 0 Å². The summed E-state index contributed by atoms with van der Waals surface area (Å²) in [5.41, 5.74) is 1.28. The zero-order valence-electron chi connectivity index (χ0n) is 20.5. The molecule has 1 amide bonds. The maximum Gasteiger partial charge on any atom is 0.408 e. The number of fused-ring (bicyclic) bond motifs is 1. The summed E-state index contributed by atoms with van der Waals surface area (Å²) in [5, 5.41) is 7.39. The predicted octanol–water partition coefficient (Wildman–Crippen LogP) is 5.43. The maximum atomic E-state index is 13.8. The van der Waals surface area contributed by atoms with Crippen molar-refractivity contribution < 1.29 is 23.0 Å². The van der Waals surface area contributed by atoms with Crippen molar-refractivity contribution in [2.75, 3.05) is 13.2 Å². The second-order valence-electron chi connectivity index (χ2n) is 10.6. The fourth-order valence-corrected chi connectivity index (χ4v) is 4.12. The number of alkyl halides is 2.